The average Bonchev–Trinajstić information content (AvgIpc) is 2.82. The van der Waals surface area contributed by atoms with Crippen molar-refractivity contribution < 1.29 is 24.3 Å². The van der Waals surface area contributed by atoms with Crippen LogP contribution in [-0.2, 0) is 25.6 Å². The summed E-state index contributed by atoms with van der Waals surface area (Å²) in [7, 11) is 0. The van der Waals surface area contributed by atoms with Gasteiger partial charge in [0.05, 0.1) is 6.04 Å². The number of carbonyl (C=O) groups is 4. The van der Waals surface area contributed by atoms with Crippen LogP contribution in [0, 0.1) is 11.8 Å². The Bertz CT molecular complexity index is 846. The normalized spacial score (nSPS) is 14.6. The molecule has 0 aliphatic rings. The van der Waals surface area contributed by atoms with E-state index in [-0.39, 0.29) is 24.7 Å². The van der Waals surface area contributed by atoms with Crippen LogP contribution in [0.3, 0.4) is 0 Å². The summed E-state index contributed by atoms with van der Waals surface area (Å²) in [6.45, 7) is 7.89. The molecule has 0 fully saturated rings. The van der Waals surface area contributed by atoms with Crippen molar-refractivity contribution >= 4 is 23.7 Å². The van der Waals surface area contributed by atoms with E-state index in [4.69, 9.17) is 11.5 Å². The lowest BCUT2D eigenvalue weighted by atomic mass is 9.99. The fourth-order valence-electron chi connectivity index (χ4n) is 3.63. The Morgan fingerprint density at radius 3 is 1.92 bits per heavy atom. The van der Waals surface area contributed by atoms with Gasteiger partial charge in [0.25, 0.3) is 0 Å². The van der Waals surface area contributed by atoms with Crippen LogP contribution in [-0.4, -0.2) is 59.5 Å². The Balaban J connectivity index is 3.01. The maximum atomic E-state index is 13.2. The summed E-state index contributed by atoms with van der Waals surface area (Å²) in [6, 6.07) is 5.17. The van der Waals surface area contributed by atoms with Crippen LogP contribution in [0.15, 0.2) is 30.3 Å². The summed E-state index contributed by atoms with van der Waals surface area (Å²) >= 11 is 0. The molecule has 202 valence electrons. The number of benzene rings is 1. The predicted octanol–water partition coefficient (Wildman–Crippen LogP) is 0.927. The number of aliphatic carboxylic acids is 1. The number of unbranched alkanes of at least 4 members (excludes halogenated alkanes) is 1. The summed E-state index contributed by atoms with van der Waals surface area (Å²) < 4.78 is 0. The lowest BCUT2D eigenvalue weighted by Crippen LogP contribution is -2.58. The van der Waals surface area contributed by atoms with E-state index in [9.17, 15) is 24.3 Å². The van der Waals surface area contributed by atoms with Crippen molar-refractivity contribution in [2.45, 2.75) is 84.0 Å². The minimum atomic E-state index is -1.17. The highest BCUT2D eigenvalue weighted by atomic mass is 16.4. The molecule has 4 atom stereocenters. The van der Waals surface area contributed by atoms with Crippen molar-refractivity contribution in [1.82, 2.24) is 16.0 Å². The van der Waals surface area contributed by atoms with Gasteiger partial charge in [-0.15, -0.1) is 0 Å². The van der Waals surface area contributed by atoms with Gasteiger partial charge in [-0.1, -0.05) is 58.0 Å². The first-order chi connectivity index (χ1) is 17.0. The van der Waals surface area contributed by atoms with Crippen molar-refractivity contribution in [2.24, 2.45) is 23.3 Å². The smallest absolute Gasteiger partial charge is 0.326 e. The third-order valence-corrected chi connectivity index (χ3v) is 5.84. The second-order valence-electron chi connectivity index (χ2n) is 9.90. The predicted molar refractivity (Wildman–Crippen MR) is 139 cm³/mol. The van der Waals surface area contributed by atoms with Crippen molar-refractivity contribution in [3.63, 3.8) is 0 Å². The monoisotopic (exact) mass is 505 g/mol. The van der Waals surface area contributed by atoms with Crippen molar-refractivity contribution in [3.05, 3.63) is 35.9 Å². The number of amides is 3. The highest BCUT2D eigenvalue weighted by Crippen LogP contribution is 2.10. The lowest BCUT2D eigenvalue weighted by Gasteiger charge is -2.26. The molecule has 3 amide bonds. The fraction of sp³-hybridized carbons (Fsp3) is 0.615. The van der Waals surface area contributed by atoms with Gasteiger partial charge in [0, 0.05) is 6.42 Å². The molecule has 0 aliphatic heterocycles. The highest BCUT2D eigenvalue weighted by Gasteiger charge is 2.31. The third-order valence-electron chi connectivity index (χ3n) is 5.84. The molecule has 10 nitrogen and oxygen atoms in total. The molecular weight excluding hydrogens is 462 g/mol. The molecule has 0 aliphatic carbocycles. The minimum Gasteiger partial charge on any atom is -0.480 e. The van der Waals surface area contributed by atoms with Gasteiger partial charge in [0.15, 0.2) is 0 Å². The molecular formula is C26H43N5O5. The van der Waals surface area contributed by atoms with E-state index in [1.54, 1.807) is 24.3 Å². The van der Waals surface area contributed by atoms with Crippen LogP contribution in [0.5, 0.6) is 0 Å². The van der Waals surface area contributed by atoms with Gasteiger partial charge >= 0.3 is 5.97 Å². The molecule has 0 heterocycles. The Labute approximate surface area is 213 Å². The summed E-state index contributed by atoms with van der Waals surface area (Å²) in [5.41, 5.74) is 12.3. The molecule has 4 unspecified atom stereocenters. The molecule has 0 saturated carbocycles. The van der Waals surface area contributed by atoms with E-state index in [1.165, 1.54) is 0 Å². The molecule has 1 aromatic rings. The summed E-state index contributed by atoms with van der Waals surface area (Å²) in [5, 5.41) is 17.7. The van der Waals surface area contributed by atoms with E-state index in [0.29, 0.717) is 25.8 Å². The number of nitrogens with two attached hydrogens (primary N) is 2. The van der Waals surface area contributed by atoms with Gasteiger partial charge in [-0.2, -0.15) is 0 Å². The van der Waals surface area contributed by atoms with Crippen LogP contribution < -0.4 is 27.4 Å². The topological polar surface area (TPSA) is 177 Å². The van der Waals surface area contributed by atoms with Gasteiger partial charge in [0.1, 0.15) is 18.1 Å². The van der Waals surface area contributed by atoms with E-state index in [0.717, 1.165) is 5.56 Å². The molecule has 1 aromatic carbocycles. The SMILES string of the molecule is CC(C)CC(NC(=O)C(N)C(C)C)C(=O)NC(CCCCN)C(=O)NC(Cc1ccccc1)C(=O)O. The number of nitrogens with one attached hydrogen (secondary N) is 3. The van der Waals surface area contributed by atoms with Crippen molar-refractivity contribution in [1.29, 1.82) is 0 Å². The number of carboxylic acids is 1. The van der Waals surface area contributed by atoms with E-state index >= 15 is 0 Å². The quantitative estimate of drug-likeness (QED) is 0.181. The highest BCUT2D eigenvalue weighted by molar-refractivity contribution is 5.94. The van der Waals surface area contributed by atoms with E-state index in [1.807, 2.05) is 33.8 Å². The molecule has 0 aromatic heterocycles. The number of rotatable bonds is 16. The molecule has 1 rings (SSSR count). The summed E-state index contributed by atoms with van der Waals surface area (Å²) in [4.78, 5) is 50.7. The zero-order valence-electron chi connectivity index (χ0n) is 21.8. The lowest BCUT2D eigenvalue weighted by molar-refractivity contribution is -0.142. The van der Waals surface area contributed by atoms with E-state index < -0.39 is 47.9 Å². The molecule has 0 saturated heterocycles. The first kappa shape index (κ1) is 31.1. The number of hydrogen-bond donors (Lipinski definition) is 6. The number of carbonyl (C=O) groups excluding carboxylic acids is 3. The Kier molecular flexibility index (Phi) is 13.7. The van der Waals surface area contributed by atoms with Crippen LogP contribution in [0.2, 0.25) is 0 Å². The summed E-state index contributed by atoms with van der Waals surface area (Å²) in [5.74, 6) is -2.76. The molecule has 0 bridgehead atoms. The molecule has 0 radical (unpaired) electrons. The van der Waals surface area contributed by atoms with Crippen LogP contribution in [0.4, 0.5) is 0 Å². The Morgan fingerprint density at radius 1 is 0.833 bits per heavy atom. The second-order valence-corrected chi connectivity index (χ2v) is 9.90. The molecule has 10 heteroatoms. The Morgan fingerprint density at radius 2 is 1.39 bits per heavy atom. The molecule has 36 heavy (non-hydrogen) atoms. The van der Waals surface area contributed by atoms with Crippen LogP contribution in [0.25, 0.3) is 0 Å². The molecule has 0 spiro atoms. The Hall–Kier alpha value is -2.98. The third kappa shape index (κ3) is 11.2. The average molecular weight is 506 g/mol. The number of carboxylic acid groups (broad SMARTS) is 1. The van der Waals surface area contributed by atoms with Gasteiger partial charge in [-0.05, 0) is 49.6 Å². The zero-order chi connectivity index (χ0) is 27.3. The van der Waals surface area contributed by atoms with E-state index in [2.05, 4.69) is 16.0 Å². The van der Waals surface area contributed by atoms with Gasteiger partial charge in [-0.3, -0.25) is 14.4 Å². The zero-order valence-corrected chi connectivity index (χ0v) is 21.8. The second kappa shape index (κ2) is 15.9. The van der Waals surface area contributed by atoms with Gasteiger partial charge < -0.3 is 32.5 Å². The maximum Gasteiger partial charge on any atom is 0.326 e. The van der Waals surface area contributed by atoms with Crippen molar-refractivity contribution in [3.8, 4) is 0 Å². The first-order valence-corrected chi connectivity index (χ1v) is 12.6. The number of hydrogen-bond acceptors (Lipinski definition) is 6. The summed E-state index contributed by atoms with van der Waals surface area (Å²) in [6.07, 6.45) is 1.93. The van der Waals surface area contributed by atoms with Crippen LogP contribution >= 0.6 is 0 Å². The first-order valence-electron chi connectivity index (χ1n) is 12.6. The molecule has 8 N–H and O–H groups in total. The maximum absolute atomic E-state index is 13.2. The van der Waals surface area contributed by atoms with Crippen molar-refractivity contribution in [2.75, 3.05) is 6.54 Å². The standard InChI is InChI=1S/C26H43N5O5/c1-16(2)14-20(30-25(34)22(28)17(3)4)24(33)29-19(12-8-9-13-27)23(32)31-21(26(35)36)15-18-10-6-5-7-11-18/h5-7,10-11,16-17,19-22H,8-9,12-15,27-28H2,1-4H3,(H,29,33)(H,30,34)(H,31,32)(H,35,36). The van der Waals surface area contributed by atoms with Crippen LogP contribution in [0.1, 0.15) is 58.9 Å². The largest absolute Gasteiger partial charge is 0.480 e. The van der Waals surface area contributed by atoms with Gasteiger partial charge in [0.2, 0.25) is 17.7 Å². The fourth-order valence-corrected chi connectivity index (χ4v) is 3.63. The minimum absolute atomic E-state index is 0.0862. The van der Waals surface area contributed by atoms with Gasteiger partial charge in [-0.25, -0.2) is 4.79 Å².